The summed E-state index contributed by atoms with van der Waals surface area (Å²) in [6.07, 6.45) is -0.578. The molecule has 46 heavy (non-hydrogen) atoms. The molecule has 1 atom stereocenters. The molecule has 0 amide bonds. The monoisotopic (exact) mass is 636 g/mol. The summed E-state index contributed by atoms with van der Waals surface area (Å²) >= 11 is 0. The zero-order chi connectivity index (χ0) is 33.8. The van der Waals surface area contributed by atoms with Gasteiger partial charge >= 0.3 is 11.9 Å². The van der Waals surface area contributed by atoms with Gasteiger partial charge in [0.2, 0.25) is 6.29 Å². The van der Waals surface area contributed by atoms with E-state index in [2.05, 4.69) is 19.7 Å². The first-order valence-corrected chi connectivity index (χ1v) is 14.5. The molecule has 1 unspecified atom stereocenters. The fraction of sp³-hybridized carbons (Fsp3) is 0.278. The maximum atomic E-state index is 15.0. The van der Waals surface area contributed by atoms with Gasteiger partial charge in [-0.15, -0.1) is 0 Å². The molecule has 0 aliphatic rings. The molecule has 244 valence electrons. The Balaban J connectivity index is 1.77. The van der Waals surface area contributed by atoms with Crippen molar-refractivity contribution in [3.63, 3.8) is 0 Å². The molecule has 0 radical (unpaired) electrons. The van der Waals surface area contributed by atoms with Gasteiger partial charge in [-0.1, -0.05) is 31.9 Å². The predicted molar refractivity (Wildman–Crippen MR) is 170 cm³/mol. The van der Waals surface area contributed by atoms with E-state index < -0.39 is 29.9 Å². The van der Waals surface area contributed by atoms with Crippen LogP contribution in [0.2, 0.25) is 0 Å². The number of halogens is 2. The van der Waals surface area contributed by atoms with Crippen LogP contribution in [0.5, 0.6) is 17.2 Å². The Bertz CT molecular complexity index is 1490. The van der Waals surface area contributed by atoms with Gasteiger partial charge in [-0.2, -0.15) is 0 Å². The van der Waals surface area contributed by atoms with Gasteiger partial charge in [-0.3, -0.25) is 0 Å². The van der Waals surface area contributed by atoms with Crippen LogP contribution in [0.1, 0.15) is 33.6 Å². The first-order valence-electron chi connectivity index (χ1n) is 14.5. The molecule has 3 aromatic rings. The standard InChI is InChI=1S/C36H38F2O8/c1-22(2)34(39)44-15-7-13-42-32-11-9-25(20-30(32)37)27-17-28(19-29(18-27)46-36(41)24(5)6)26-10-12-33(31(38)21-26)43-14-8-16-45-35(40)23(3)4/h9-12,17-21,36,41H,1,3,5,7-8,13-16H2,2,4,6H3. The second kappa shape index (κ2) is 16.9. The topological polar surface area (TPSA) is 101 Å². The maximum absolute atomic E-state index is 15.0. The number of benzene rings is 3. The molecule has 0 aliphatic heterocycles. The van der Waals surface area contributed by atoms with Crippen molar-refractivity contribution < 1.29 is 47.2 Å². The first-order chi connectivity index (χ1) is 21.8. The normalized spacial score (nSPS) is 11.3. The molecule has 8 nitrogen and oxygen atoms in total. The molecule has 0 aliphatic carbocycles. The Morgan fingerprint density at radius 1 is 0.674 bits per heavy atom. The van der Waals surface area contributed by atoms with Crippen molar-refractivity contribution in [2.24, 2.45) is 0 Å². The van der Waals surface area contributed by atoms with E-state index in [0.717, 1.165) is 0 Å². The van der Waals surface area contributed by atoms with E-state index in [1.54, 1.807) is 51.1 Å². The fourth-order valence-electron chi connectivity index (χ4n) is 3.88. The van der Waals surface area contributed by atoms with Crippen LogP contribution in [-0.4, -0.2) is 49.8 Å². The summed E-state index contributed by atoms with van der Waals surface area (Å²) in [5.41, 5.74) is 2.97. The predicted octanol–water partition coefficient (Wildman–Crippen LogP) is 7.35. The first kappa shape index (κ1) is 35.5. The quantitative estimate of drug-likeness (QED) is 0.0540. The Kier molecular flexibility index (Phi) is 13.1. The highest BCUT2D eigenvalue weighted by atomic mass is 19.1. The number of carbonyl (C=O) groups is 2. The zero-order valence-electron chi connectivity index (χ0n) is 26.2. The van der Waals surface area contributed by atoms with Gasteiger partial charge in [-0.25, -0.2) is 18.4 Å². The molecule has 3 rings (SSSR count). The molecular weight excluding hydrogens is 598 g/mol. The number of carbonyl (C=O) groups excluding carboxylic acids is 2. The number of hydrogen-bond acceptors (Lipinski definition) is 8. The summed E-state index contributed by atoms with van der Waals surface area (Å²) in [6.45, 7) is 15.9. The Morgan fingerprint density at radius 3 is 1.48 bits per heavy atom. The van der Waals surface area contributed by atoms with E-state index in [1.165, 1.54) is 24.3 Å². The number of aliphatic hydroxyl groups excluding tert-OH is 1. The van der Waals surface area contributed by atoms with Crippen molar-refractivity contribution >= 4 is 11.9 Å². The van der Waals surface area contributed by atoms with Gasteiger partial charge in [0.25, 0.3) is 0 Å². The highest BCUT2D eigenvalue weighted by molar-refractivity contribution is 5.87. The summed E-state index contributed by atoms with van der Waals surface area (Å²) in [6, 6.07) is 13.8. The Hall–Kier alpha value is -4.96. The number of ether oxygens (including phenoxy) is 5. The lowest BCUT2D eigenvalue weighted by Crippen LogP contribution is -2.16. The van der Waals surface area contributed by atoms with Crippen LogP contribution < -0.4 is 14.2 Å². The Morgan fingerprint density at radius 2 is 1.11 bits per heavy atom. The van der Waals surface area contributed by atoms with Gasteiger partial charge in [0, 0.05) is 24.0 Å². The molecule has 1 N–H and O–H groups in total. The van der Waals surface area contributed by atoms with Crippen LogP contribution in [0.3, 0.4) is 0 Å². The molecule has 0 heterocycles. The fourth-order valence-corrected chi connectivity index (χ4v) is 3.88. The van der Waals surface area contributed by atoms with Crippen molar-refractivity contribution in [2.75, 3.05) is 26.4 Å². The molecule has 0 fully saturated rings. The molecule has 0 aromatic heterocycles. The van der Waals surface area contributed by atoms with E-state index in [4.69, 9.17) is 23.7 Å². The van der Waals surface area contributed by atoms with Gasteiger partial charge in [0.05, 0.1) is 26.4 Å². The number of aliphatic hydroxyl groups is 1. The molecule has 10 heteroatoms. The van der Waals surface area contributed by atoms with Gasteiger partial charge in [-0.05, 0) is 91.1 Å². The minimum Gasteiger partial charge on any atom is -0.490 e. The van der Waals surface area contributed by atoms with E-state index in [1.807, 2.05) is 0 Å². The Labute approximate surface area is 267 Å². The molecule has 0 saturated carbocycles. The van der Waals surface area contributed by atoms with E-state index in [-0.39, 0.29) is 54.8 Å². The molecule has 0 bridgehead atoms. The summed E-state index contributed by atoms with van der Waals surface area (Å²) in [4.78, 5) is 22.9. The molecule has 0 spiro atoms. The smallest absolute Gasteiger partial charge is 0.333 e. The third-order valence-electron chi connectivity index (χ3n) is 6.36. The lowest BCUT2D eigenvalue weighted by Gasteiger charge is -2.17. The molecular formula is C36H38F2O8. The summed E-state index contributed by atoms with van der Waals surface area (Å²) in [7, 11) is 0. The van der Waals surface area contributed by atoms with Crippen molar-refractivity contribution in [1.29, 1.82) is 0 Å². The highest BCUT2D eigenvalue weighted by Gasteiger charge is 2.15. The third-order valence-corrected chi connectivity index (χ3v) is 6.36. The minimum absolute atomic E-state index is 0.0203. The van der Waals surface area contributed by atoms with Crippen molar-refractivity contribution in [3.05, 3.63) is 103 Å². The second-order valence-electron chi connectivity index (χ2n) is 10.6. The van der Waals surface area contributed by atoms with Gasteiger partial charge < -0.3 is 28.8 Å². The average molecular weight is 637 g/mol. The van der Waals surface area contributed by atoms with Crippen LogP contribution in [0.4, 0.5) is 8.78 Å². The van der Waals surface area contributed by atoms with Gasteiger partial charge in [0.15, 0.2) is 23.1 Å². The van der Waals surface area contributed by atoms with Crippen LogP contribution in [-0.2, 0) is 19.1 Å². The van der Waals surface area contributed by atoms with E-state index >= 15 is 8.78 Å². The average Bonchev–Trinajstić information content (AvgIpc) is 3.01. The highest BCUT2D eigenvalue weighted by Crippen LogP contribution is 2.35. The van der Waals surface area contributed by atoms with Crippen molar-refractivity contribution in [2.45, 2.75) is 39.9 Å². The summed E-state index contributed by atoms with van der Waals surface area (Å²) < 4.78 is 56.8. The summed E-state index contributed by atoms with van der Waals surface area (Å²) in [5, 5.41) is 10.3. The zero-order valence-corrected chi connectivity index (χ0v) is 26.2. The van der Waals surface area contributed by atoms with Crippen molar-refractivity contribution in [1.82, 2.24) is 0 Å². The lowest BCUT2D eigenvalue weighted by molar-refractivity contribution is -0.140. The van der Waals surface area contributed by atoms with E-state index in [9.17, 15) is 14.7 Å². The molecule has 0 saturated heterocycles. The summed E-state index contributed by atoms with van der Waals surface area (Å²) in [5.74, 6) is -1.95. The number of esters is 2. The third kappa shape index (κ3) is 10.6. The van der Waals surface area contributed by atoms with Crippen LogP contribution in [0.25, 0.3) is 22.3 Å². The number of rotatable bonds is 17. The SMILES string of the molecule is C=C(C)C(=O)OCCCOc1ccc(-c2cc(OC(O)C(=C)C)cc(-c3ccc(OCCCOC(=O)C(=C)C)c(F)c3)c2)cc1F. The van der Waals surface area contributed by atoms with Crippen LogP contribution in [0.15, 0.2) is 91.1 Å². The van der Waals surface area contributed by atoms with Crippen LogP contribution >= 0.6 is 0 Å². The molecule has 3 aromatic carbocycles. The lowest BCUT2D eigenvalue weighted by atomic mass is 9.98. The number of hydrogen-bond donors (Lipinski definition) is 1. The van der Waals surface area contributed by atoms with Crippen LogP contribution in [0, 0.1) is 11.6 Å². The van der Waals surface area contributed by atoms with Gasteiger partial charge in [0.1, 0.15) is 5.75 Å². The largest absolute Gasteiger partial charge is 0.490 e. The second-order valence-corrected chi connectivity index (χ2v) is 10.6. The van der Waals surface area contributed by atoms with Crippen molar-refractivity contribution in [3.8, 4) is 39.5 Å². The van der Waals surface area contributed by atoms with E-state index in [0.29, 0.717) is 40.7 Å². The minimum atomic E-state index is -1.30. The maximum Gasteiger partial charge on any atom is 0.333 e.